The van der Waals surface area contributed by atoms with Crippen molar-refractivity contribution >= 4 is 5.91 Å². The average Bonchev–Trinajstić information content (AvgIpc) is 3.16. The Morgan fingerprint density at radius 1 is 1.25 bits per heavy atom. The van der Waals surface area contributed by atoms with Crippen molar-refractivity contribution in [3.63, 3.8) is 0 Å². The largest absolute Gasteiger partial charge is 0.349 e. The predicted octanol–water partition coefficient (Wildman–Crippen LogP) is 0.886. The Bertz CT molecular complexity index is 334. The molecule has 4 aliphatic rings. The quantitative estimate of drug-likeness (QED) is 0.742. The number of carbonyl (C=O) groups excluding carboxylic acids is 1. The van der Waals surface area contributed by atoms with Gasteiger partial charge in [-0.15, -0.1) is 0 Å². The van der Waals surface area contributed by atoms with Gasteiger partial charge < -0.3 is 11.1 Å². The first-order valence-electron chi connectivity index (χ1n) is 6.76. The molecule has 1 amide bonds. The van der Waals surface area contributed by atoms with Gasteiger partial charge in [0.2, 0.25) is 5.91 Å². The van der Waals surface area contributed by atoms with Gasteiger partial charge in [-0.3, -0.25) is 4.79 Å². The summed E-state index contributed by atoms with van der Waals surface area (Å²) >= 11 is 0. The van der Waals surface area contributed by atoms with E-state index >= 15 is 0 Å². The zero-order chi connectivity index (χ0) is 10.9. The van der Waals surface area contributed by atoms with E-state index in [9.17, 15) is 4.79 Å². The molecule has 0 aromatic carbocycles. The molecular formula is C13H20N2O. The van der Waals surface area contributed by atoms with Crippen LogP contribution in [0.25, 0.3) is 0 Å². The molecule has 0 aromatic heterocycles. The third-order valence-corrected chi connectivity index (χ3v) is 5.67. The molecule has 3 N–H and O–H groups in total. The van der Waals surface area contributed by atoms with Crippen LogP contribution in [0.2, 0.25) is 0 Å². The Balaban J connectivity index is 1.44. The summed E-state index contributed by atoms with van der Waals surface area (Å²) in [5.74, 6) is 3.99. The van der Waals surface area contributed by atoms with E-state index in [0.717, 1.165) is 36.5 Å². The third kappa shape index (κ3) is 1.10. The van der Waals surface area contributed by atoms with Crippen LogP contribution in [0.1, 0.15) is 32.1 Å². The normalized spacial score (nSPS) is 49.9. The molecule has 0 heterocycles. The van der Waals surface area contributed by atoms with E-state index in [1.807, 2.05) is 0 Å². The molecule has 0 spiro atoms. The van der Waals surface area contributed by atoms with Crippen LogP contribution in [0.15, 0.2) is 0 Å². The van der Waals surface area contributed by atoms with Gasteiger partial charge in [0.25, 0.3) is 0 Å². The van der Waals surface area contributed by atoms with E-state index in [2.05, 4.69) is 5.32 Å². The number of fused-ring (bicyclic) bond motifs is 5. The molecule has 4 atom stereocenters. The Labute approximate surface area is 96.1 Å². The molecule has 0 saturated heterocycles. The van der Waals surface area contributed by atoms with Gasteiger partial charge in [-0.1, -0.05) is 0 Å². The van der Waals surface area contributed by atoms with Crippen molar-refractivity contribution in [3.8, 4) is 0 Å². The number of rotatable bonds is 3. The zero-order valence-corrected chi connectivity index (χ0v) is 9.61. The monoisotopic (exact) mass is 220 g/mol. The molecule has 4 aliphatic carbocycles. The number of amides is 1. The van der Waals surface area contributed by atoms with Crippen LogP contribution in [0.4, 0.5) is 0 Å². The number of hydrogen-bond acceptors (Lipinski definition) is 2. The van der Waals surface area contributed by atoms with E-state index in [-0.39, 0.29) is 5.54 Å². The summed E-state index contributed by atoms with van der Waals surface area (Å²) in [7, 11) is 0. The second kappa shape index (κ2) is 2.81. The van der Waals surface area contributed by atoms with Gasteiger partial charge >= 0.3 is 0 Å². The number of carbonyl (C=O) groups is 1. The molecule has 0 aromatic rings. The van der Waals surface area contributed by atoms with Crippen molar-refractivity contribution in [2.24, 2.45) is 35.3 Å². The maximum atomic E-state index is 12.2. The van der Waals surface area contributed by atoms with E-state index in [1.54, 1.807) is 0 Å². The van der Waals surface area contributed by atoms with Gasteiger partial charge in [-0.25, -0.2) is 0 Å². The van der Waals surface area contributed by atoms with Crippen LogP contribution in [0, 0.1) is 29.6 Å². The minimum atomic E-state index is 0.00696. The average molecular weight is 220 g/mol. The molecule has 0 aliphatic heterocycles. The summed E-state index contributed by atoms with van der Waals surface area (Å²) in [6, 6.07) is 0. The van der Waals surface area contributed by atoms with E-state index in [1.165, 1.54) is 19.3 Å². The number of nitrogens with two attached hydrogens (primary N) is 1. The lowest BCUT2D eigenvalue weighted by Gasteiger charge is -2.16. The Hall–Kier alpha value is -0.570. The van der Waals surface area contributed by atoms with Gasteiger partial charge in [0.05, 0.1) is 5.54 Å². The highest BCUT2D eigenvalue weighted by molar-refractivity contribution is 5.83. The van der Waals surface area contributed by atoms with Crippen molar-refractivity contribution in [2.45, 2.75) is 37.6 Å². The number of nitrogens with one attached hydrogen (secondary N) is 1. The number of hydrogen-bond donors (Lipinski definition) is 2. The van der Waals surface area contributed by atoms with Gasteiger partial charge in [-0.2, -0.15) is 0 Å². The molecule has 4 unspecified atom stereocenters. The van der Waals surface area contributed by atoms with Crippen LogP contribution >= 0.6 is 0 Å². The van der Waals surface area contributed by atoms with Gasteiger partial charge in [0.15, 0.2) is 0 Å². The van der Waals surface area contributed by atoms with Gasteiger partial charge in [0, 0.05) is 12.5 Å². The Kier molecular flexibility index (Phi) is 1.66. The maximum absolute atomic E-state index is 12.2. The second-order valence-corrected chi connectivity index (χ2v) is 6.49. The first-order chi connectivity index (χ1) is 7.74. The van der Waals surface area contributed by atoms with Crippen LogP contribution < -0.4 is 11.1 Å². The smallest absolute Gasteiger partial charge is 0.224 e. The lowest BCUT2D eigenvalue weighted by atomic mass is 10.0. The molecule has 4 rings (SSSR count). The summed E-state index contributed by atoms with van der Waals surface area (Å²) in [5, 5.41) is 3.21. The van der Waals surface area contributed by atoms with Crippen LogP contribution in [0.5, 0.6) is 0 Å². The summed E-state index contributed by atoms with van der Waals surface area (Å²) in [6.07, 6.45) is 6.37. The van der Waals surface area contributed by atoms with Crippen LogP contribution in [0.3, 0.4) is 0 Å². The fourth-order valence-corrected chi connectivity index (χ4v) is 4.55. The molecular weight excluding hydrogens is 200 g/mol. The highest BCUT2D eigenvalue weighted by Crippen LogP contribution is 2.69. The van der Waals surface area contributed by atoms with Crippen molar-refractivity contribution in [3.05, 3.63) is 0 Å². The van der Waals surface area contributed by atoms with Crippen molar-refractivity contribution in [2.75, 3.05) is 6.54 Å². The van der Waals surface area contributed by atoms with Crippen molar-refractivity contribution in [1.82, 2.24) is 5.32 Å². The van der Waals surface area contributed by atoms with Gasteiger partial charge in [-0.05, 0) is 55.8 Å². The summed E-state index contributed by atoms with van der Waals surface area (Å²) < 4.78 is 0. The summed E-state index contributed by atoms with van der Waals surface area (Å²) in [4.78, 5) is 12.2. The lowest BCUT2D eigenvalue weighted by Crippen LogP contribution is -2.43. The predicted molar refractivity (Wildman–Crippen MR) is 60.5 cm³/mol. The van der Waals surface area contributed by atoms with E-state index in [0.29, 0.717) is 18.4 Å². The minimum Gasteiger partial charge on any atom is -0.349 e. The molecule has 88 valence electrons. The van der Waals surface area contributed by atoms with Gasteiger partial charge in [0.1, 0.15) is 0 Å². The Morgan fingerprint density at radius 2 is 1.88 bits per heavy atom. The molecule has 0 radical (unpaired) electrons. The highest BCUT2D eigenvalue weighted by Gasteiger charge is 2.68. The highest BCUT2D eigenvalue weighted by atomic mass is 16.2. The molecule has 4 fully saturated rings. The second-order valence-electron chi connectivity index (χ2n) is 6.49. The molecule has 3 heteroatoms. The fraction of sp³-hybridized carbons (Fsp3) is 0.923. The fourth-order valence-electron chi connectivity index (χ4n) is 4.55. The SMILES string of the molecule is NCC1(NC(=O)C2C3C4CCC(C4)C23)CC1. The lowest BCUT2D eigenvalue weighted by molar-refractivity contribution is -0.124. The standard InChI is InChI=1S/C13H20N2O/c14-6-13(3-4-13)15-12(16)11-9-7-1-2-8(5-7)10(9)11/h7-11H,1-6,14H2,(H,15,16). The maximum Gasteiger partial charge on any atom is 0.224 e. The molecule has 4 saturated carbocycles. The van der Waals surface area contributed by atoms with E-state index in [4.69, 9.17) is 5.73 Å². The molecule has 2 bridgehead atoms. The Morgan fingerprint density at radius 3 is 2.38 bits per heavy atom. The summed E-state index contributed by atoms with van der Waals surface area (Å²) in [6.45, 7) is 0.619. The van der Waals surface area contributed by atoms with Crippen molar-refractivity contribution in [1.29, 1.82) is 0 Å². The minimum absolute atomic E-state index is 0.00696. The molecule has 16 heavy (non-hydrogen) atoms. The first-order valence-corrected chi connectivity index (χ1v) is 6.76. The third-order valence-electron chi connectivity index (χ3n) is 5.67. The van der Waals surface area contributed by atoms with Crippen LogP contribution in [-0.2, 0) is 4.79 Å². The zero-order valence-electron chi connectivity index (χ0n) is 9.61. The molecule has 3 nitrogen and oxygen atoms in total. The van der Waals surface area contributed by atoms with Crippen LogP contribution in [-0.4, -0.2) is 18.0 Å². The van der Waals surface area contributed by atoms with E-state index < -0.39 is 0 Å². The topological polar surface area (TPSA) is 55.1 Å². The first kappa shape index (κ1) is 9.46. The summed E-state index contributed by atoms with van der Waals surface area (Å²) in [5.41, 5.74) is 5.71. The van der Waals surface area contributed by atoms with Crippen molar-refractivity contribution < 1.29 is 4.79 Å².